The van der Waals surface area contributed by atoms with E-state index in [0.29, 0.717) is 5.56 Å². The summed E-state index contributed by atoms with van der Waals surface area (Å²) in [6, 6.07) is 13.3. The van der Waals surface area contributed by atoms with Crippen molar-refractivity contribution in [1.29, 1.82) is 0 Å². The summed E-state index contributed by atoms with van der Waals surface area (Å²) >= 11 is 2.86. The first-order valence-electron chi connectivity index (χ1n) is 6.44. The van der Waals surface area contributed by atoms with Gasteiger partial charge < -0.3 is 0 Å². The van der Waals surface area contributed by atoms with Gasteiger partial charge in [-0.05, 0) is 28.5 Å². The summed E-state index contributed by atoms with van der Waals surface area (Å²) in [6.07, 6.45) is 0. The molecule has 0 atom stereocenters. The van der Waals surface area contributed by atoms with E-state index in [1.807, 2.05) is 47.2 Å². The molecule has 0 radical (unpaired) electrons. The number of carbonyl (C=O) groups excluding carboxylic acids is 2. The second-order valence-electron chi connectivity index (χ2n) is 4.58. The summed E-state index contributed by atoms with van der Waals surface area (Å²) < 4.78 is 0.764. The molecule has 0 aliphatic carbocycles. The third-order valence-electron chi connectivity index (χ3n) is 3.22. The number of carbonyl (C=O) groups is 2. The van der Waals surface area contributed by atoms with Crippen LogP contribution in [0.4, 0.5) is 0 Å². The molecule has 0 saturated heterocycles. The Balaban J connectivity index is 2.16. The topological polar surface area (TPSA) is 34.1 Å². The lowest BCUT2D eigenvalue weighted by Gasteiger charge is -2.09. The third kappa shape index (κ3) is 2.69. The third-order valence-corrected chi connectivity index (χ3v) is 5.35. The van der Waals surface area contributed by atoms with E-state index >= 15 is 0 Å². The van der Waals surface area contributed by atoms with Gasteiger partial charge in [0, 0.05) is 5.56 Å². The highest BCUT2D eigenvalue weighted by molar-refractivity contribution is 8.27. The molecule has 0 N–H and O–H groups in total. The zero-order valence-corrected chi connectivity index (χ0v) is 13.0. The Bertz CT molecular complexity index is 788. The highest BCUT2D eigenvalue weighted by atomic mass is 32.2. The monoisotopic (exact) mass is 312 g/mol. The van der Waals surface area contributed by atoms with E-state index < -0.39 is 0 Å². The SMILES string of the molecule is CC(=O)C(C(=O)c1cccc2ccccc12)=C1SC=CS1. The molecule has 0 bridgehead atoms. The van der Waals surface area contributed by atoms with Crippen LogP contribution < -0.4 is 0 Å². The molecule has 0 fully saturated rings. The maximum absolute atomic E-state index is 12.9. The summed E-state index contributed by atoms with van der Waals surface area (Å²) in [5, 5.41) is 5.66. The van der Waals surface area contributed by atoms with Crippen molar-refractivity contribution in [1.82, 2.24) is 0 Å². The Morgan fingerprint density at radius 2 is 1.57 bits per heavy atom. The first-order chi connectivity index (χ1) is 10.2. The van der Waals surface area contributed by atoms with Crippen LogP contribution in [0.1, 0.15) is 17.3 Å². The molecular weight excluding hydrogens is 300 g/mol. The number of benzene rings is 2. The normalized spacial score (nSPS) is 13.7. The summed E-state index contributed by atoms with van der Waals surface area (Å²) in [4.78, 5) is 24.8. The van der Waals surface area contributed by atoms with Gasteiger partial charge in [-0.3, -0.25) is 9.59 Å². The van der Waals surface area contributed by atoms with Crippen molar-refractivity contribution in [2.75, 3.05) is 0 Å². The average molecular weight is 312 g/mol. The van der Waals surface area contributed by atoms with Crippen LogP contribution in [0.15, 0.2) is 63.1 Å². The van der Waals surface area contributed by atoms with Gasteiger partial charge in [-0.2, -0.15) is 0 Å². The number of allylic oxidation sites excluding steroid dienone is 1. The van der Waals surface area contributed by atoms with E-state index in [0.717, 1.165) is 15.0 Å². The zero-order valence-electron chi connectivity index (χ0n) is 11.3. The van der Waals surface area contributed by atoms with Crippen molar-refractivity contribution >= 4 is 45.9 Å². The molecule has 3 rings (SSSR count). The molecule has 2 aromatic rings. The van der Waals surface area contributed by atoms with E-state index in [-0.39, 0.29) is 17.1 Å². The molecule has 1 heterocycles. The van der Waals surface area contributed by atoms with Crippen LogP contribution in [0.3, 0.4) is 0 Å². The molecule has 104 valence electrons. The molecule has 0 spiro atoms. The van der Waals surface area contributed by atoms with Crippen LogP contribution in [0.25, 0.3) is 10.8 Å². The van der Waals surface area contributed by atoms with Gasteiger partial charge in [-0.1, -0.05) is 66.0 Å². The van der Waals surface area contributed by atoms with Crippen molar-refractivity contribution in [3.05, 3.63) is 68.7 Å². The number of Topliss-reactive ketones (excluding diaryl/α,β-unsaturated/α-hetero) is 2. The van der Waals surface area contributed by atoms with Gasteiger partial charge >= 0.3 is 0 Å². The van der Waals surface area contributed by atoms with Gasteiger partial charge in [0.2, 0.25) is 0 Å². The zero-order chi connectivity index (χ0) is 14.8. The van der Waals surface area contributed by atoms with Crippen LogP contribution in [0.2, 0.25) is 0 Å². The van der Waals surface area contributed by atoms with E-state index in [9.17, 15) is 9.59 Å². The highest BCUT2D eigenvalue weighted by Gasteiger charge is 2.24. The van der Waals surface area contributed by atoms with Crippen LogP contribution in [-0.2, 0) is 4.79 Å². The quantitative estimate of drug-likeness (QED) is 0.354. The number of rotatable bonds is 3. The summed E-state index contributed by atoms with van der Waals surface area (Å²) in [5.41, 5.74) is 0.866. The van der Waals surface area contributed by atoms with Crippen LogP contribution in [0.5, 0.6) is 0 Å². The Morgan fingerprint density at radius 1 is 0.905 bits per heavy atom. The summed E-state index contributed by atoms with van der Waals surface area (Å²) in [5.74, 6) is -0.385. The molecule has 0 saturated carbocycles. The molecule has 0 amide bonds. The van der Waals surface area contributed by atoms with Gasteiger partial charge in [0.25, 0.3) is 0 Å². The van der Waals surface area contributed by atoms with Crippen LogP contribution >= 0.6 is 23.5 Å². The van der Waals surface area contributed by atoms with Gasteiger partial charge in [-0.15, -0.1) is 0 Å². The molecule has 4 heteroatoms. The van der Waals surface area contributed by atoms with Crippen molar-refractivity contribution in [2.45, 2.75) is 6.92 Å². The lowest BCUT2D eigenvalue weighted by molar-refractivity contribution is -0.113. The second-order valence-corrected chi connectivity index (χ2v) is 6.67. The standard InChI is InChI=1S/C17H12O2S2/c1-11(18)15(17-20-9-10-21-17)16(19)14-8-4-6-12-5-2-3-7-13(12)14/h2-10H,1H3. The minimum absolute atomic E-state index is 0.188. The minimum atomic E-state index is -0.196. The first-order valence-corrected chi connectivity index (χ1v) is 8.20. The fourth-order valence-corrected chi connectivity index (χ4v) is 4.23. The fourth-order valence-electron chi connectivity index (χ4n) is 2.28. The molecule has 2 nitrogen and oxygen atoms in total. The predicted molar refractivity (Wildman–Crippen MR) is 90.3 cm³/mol. The molecule has 1 aliphatic heterocycles. The molecule has 0 aromatic heterocycles. The van der Waals surface area contributed by atoms with Gasteiger partial charge in [-0.25, -0.2) is 0 Å². The van der Waals surface area contributed by atoms with Crippen molar-refractivity contribution in [3.63, 3.8) is 0 Å². The molecule has 0 unspecified atom stereocenters. The van der Waals surface area contributed by atoms with E-state index in [1.165, 1.54) is 30.4 Å². The Kier molecular flexibility index (Phi) is 3.99. The smallest absolute Gasteiger partial charge is 0.198 e. The molecular formula is C17H12O2S2. The predicted octanol–water partition coefficient (Wildman–Crippen LogP) is 4.77. The number of hydrogen-bond acceptors (Lipinski definition) is 4. The van der Waals surface area contributed by atoms with Crippen LogP contribution in [0, 0.1) is 0 Å². The number of thioether (sulfide) groups is 2. The average Bonchev–Trinajstić information content (AvgIpc) is 3.00. The van der Waals surface area contributed by atoms with Gasteiger partial charge in [0.05, 0.1) is 9.81 Å². The maximum atomic E-state index is 12.9. The maximum Gasteiger partial charge on any atom is 0.198 e. The second kappa shape index (κ2) is 5.92. The van der Waals surface area contributed by atoms with E-state index in [1.54, 1.807) is 6.07 Å². The van der Waals surface area contributed by atoms with Gasteiger partial charge in [0.1, 0.15) is 0 Å². The number of ketones is 2. The highest BCUT2D eigenvalue weighted by Crippen LogP contribution is 2.41. The lowest BCUT2D eigenvalue weighted by Crippen LogP contribution is -2.12. The Labute approximate surface area is 131 Å². The first kappa shape index (κ1) is 14.2. The Hall–Kier alpha value is -1.78. The van der Waals surface area contributed by atoms with E-state index in [4.69, 9.17) is 0 Å². The number of fused-ring (bicyclic) bond motifs is 1. The minimum Gasteiger partial charge on any atom is -0.294 e. The summed E-state index contributed by atoms with van der Waals surface area (Å²) in [7, 11) is 0. The van der Waals surface area contributed by atoms with Crippen molar-refractivity contribution < 1.29 is 9.59 Å². The van der Waals surface area contributed by atoms with Crippen LogP contribution in [-0.4, -0.2) is 11.6 Å². The molecule has 21 heavy (non-hydrogen) atoms. The molecule has 2 aromatic carbocycles. The molecule has 1 aliphatic rings. The van der Waals surface area contributed by atoms with Crippen molar-refractivity contribution in [2.24, 2.45) is 0 Å². The fraction of sp³-hybridized carbons (Fsp3) is 0.0588. The van der Waals surface area contributed by atoms with Crippen molar-refractivity contribution in [3.8, 4) is 0 Å². The van der Waals surface area contributed by atoms with E-state index in [2.05, 4.69) is 0 Å². The van der Waals surface area contributed by atoms with Gasteiger partial charge in [0.15, 0.2) is 11.6 Å². The number of hydrogen-bond donors (Lipinski definition) is 0. The Morgan fingerprint density at radius 3 is 2.29 bits per heavy atom. The summed E-state index contributed by atoms with van der Waals surface area (Å²) in [6.45, 7) is 1.45. The largest absolute Gasteiger partial charge is 0.294 e. The lowest BCUT2D eigenvalue weighted by atomic mass is 9.96.